The minimum Gasteiger partial charge on any atom is -0.479 e. The number of rotatable bonds is 5. The van der Waals surface area contributed by atoms with Crippen LogP contribution in [0.3, 0.4) is 0 Å². The monoisotopic (exact) mass is 289 g/mol. The van der Waals surface area contributed by atoms with Crippen molar-refractivity contribution in [2.75, 3.05) is 0 Å². The normalized spacial score (nSPS) is 12.6. The van der Waals surface area contributed by atoms with Gasteiger partial charge in [-0.05, 0) is 12.0 Å². The molecule has 0 bridgehead atoms. The summed E-state index contributed by atoms with van der Waals surface area (Å²) in [6.07, 6.45) is -7.30. The van der Waals surface area contributed by atoms with Crippen molar-refractivity contribution >= 4 is 5.97 Å². The summed E-state index contributed by atoms with van der Waals surface area (Å²) in [6, 6.07) is 5.35. The van der Waals surface area contributed by atoms with Crippen LogP contribution in [0.5, 0.6) is 5.75 Å². The smallest absolute Gasteiger partial charge is 0.479 e. The molecule has 0 saturated carbocycles. The van der Waals surface area contributed by atoms with Crippen molar-refractivity contribution in [1.29, 1.82) is 5.26 Å². The summed E-state index contributed by atoms with van der Waals surface area (Å²) >= 11 is 0. The van der Waals surface area contributed by atoms with Crippen molar-refractivity contribution in [2.45, 2.75) is 25.3 Å². The average Bonchev–Trinajstić information content (AvgIpc) is 2.34. The average molecular weight is 289 g/mol. The highest BCUT2D eigenvalue weighted by atomic mass is 19.4. The number of benzene rings is 1. The Balaban J connectivity index is 3.28. The van der Waals surface area contributed by atoms with E-state index in [0.717, 1.165) is 6.07 Å². The van der Waals surface area contributed by atoms with Gasteiger partial charge >= 0.3 is 12.3 Å². The van der Waals surface area contributed by atoms with Crippen LogP contribution in [0.15, 0.2) is 18.2 Å². The van der Waals surface area contributed by atoms with E-state index in [1.165, 1.54) is 12.1 Å². The van der Waals surface area contributed by atoms with E-state index in [2.05, 4.69) is 4.74 Å². The van der Waals surface area contributed by atoms with Gasteiger partial charge in [0.2, 0.25) is 0 Å². The number of carboxylic acids is 1. The molecule has 0 aliphatic heterocycles. The quantitative estimate of drug-likeness (QED) is 0.866. The predicted molar refractivity (Wildman–Crippen MR) is 59.7 cm³/mol. The Hall–Kier alpha value is -2.27. The first-order chi connectivity index (χ1) is 9.26. The number of aliphatic carboxylic acids is 1. The summed E-state index contributed by atoms with van der Waals surface area (Å²) in [5.74, 6) is -2.47. The Kier molecular flexibility index (Phi) is 4.94. The summed E-state index contributed by atoms with van der Waals surface area (Å²) in [4.78, 5) is 10.7. The molecule has 0 amide bonds. The lowest BCUT2D eigenvalue weighted by Gasteiger charge is -2.18. The van der Waals surface area contributed by atoms with E-state index >= 15 is 0 Å². The van der Waals surface area contributed by atoms with Crippen molar-refractivity contribution in [3.8, 4) is 11.8 Å². The van der Waals surface area contributed by atoms with E-state index in [1.807, 2.05) is 0 Å². The Morgan fingerprint density at radius 2 is 2.10 bits per heavy atom. The van der Waals surface area contributed by atoms with Crippen molar-refractivity contribution in [1.82, 2.24) is 0 Å². The zero-order chi connectivity index (χ0) is 15.3. The molecule has 1 unspecified atom stereocenters. The fourth-order valence-electron chi connectivity index (χ4n) is 1.58. The number of aryl methyl sites for hydroxylation is 1. The van der Waals surface area contributed by atoms with E-state index in [0.29, 0.717) is 0 Å². The van der Waals surface area contributed by atoms with E-state index < -0.39 is 29.7 Å². The SMILES string of the molecule is N#CCCc1cccc(C(O)C(=O)O)c1OC(F)(F)F. The number of carbonyl (C=O) groups is 1. The largest absolute Gasteiger partial charge is 0.573 e. The minimum absolute atomic E-state index is 0.00155. The lowest BCUT2D eigenvalue weighted by atomic mass is 10.0. The van der Waals surface area contributed by atoms with Gasteiger partial charge in [0, 0.05) is 12.0 Å². The van der Waals surface area contributed by atoms with Crippen molar-refractivity contribution < 1.29 is 32.9 Å². The van der Waals surface area contributed by atoms with Gasteiger partial charge in [0.25, 0.3) is 0 Å². The first-order valence-electron chi connectivity index (χ1n) is 5.41. The second kappa shape index (κ2) is 6.25. The van der Waals surface area contributed by atoms with Gasteiger partial charge in [-0.15, -0.1) is 13.2 Å². The van der Waals surface area contributed by atoms with Crippen LogP contribution in [-0.4, -0.2) is 22.5 Å². The molecule has 0 heterocycles. The fourth-order valence-corrected chi connectivity index (χ4v) is 1.58. The third-order valence-electron chi connectivity index (χ3n) is 2.38. The van der Waals surface area contributed by atoms with Crippen molar-refractivity contribution in [3.05, 3.63) is 29.3 Å². The van der Waals surface area contributed by atoms with Gasteiger partial charge in [-0.2, -0.15) is 5.26 Å². The highest BCUT2D eigenvalue weighted by molar-refractivity contribution is 5.75. The van der Waals surface area contributed by atoms with Crippen LogP contribution < -0.4 is 4.74 Å². The molecule has 8 heteroatoms. The molecule has 0 aromatic heterocycles. The van der Waals surface area contributed by atoms with Gasteiger partial charge in [0.05, 0.1) is 6.07 Å². The second-order valence-electron chi connectivity index (χ2n) is 3.78. The van der Waals surface area contributed by atoms with Gasteiger partial charge in [-0.1, -0.05) is 18.2 Å². The van der Waals surface area contributed by atoms with Gasteiger partial charge < -0.3 is 14.9 Å². The molecular formula is C12H10F3NO4. The van der Waals surface area contributed by atoms with Crippen LogP contribution in [0.25, 0.3) is 0 Å². The number of nitrogens with zero attached hydrogens (tertiary/aromatic N) is 1. The topological polar surface area (TPSA) is 90.5 Å². The maximum Gasteiger partial charge on any atom is 0.573 e. The van der Waals surface area contributed by atoms with E-state index in [-0.39, 0.29) is 18.4 Å². The number of ether oxygens (including phenoxy) is 1. The molecule has 2 N–H and O–H groups in total. The Morgan fingerprint density at radius 1 is 1.45 bits per heavy atom. The van der Waals surface area contributed by atoms with Gasteiger partial charge in [0.15, 0.2) is 6.10 Å². The third kappa shape index (κ3) is 4.13. The summed E-state index contributed by atoms with van der Waals surface area (Å²) in [5, 5.41) is 26.6. The van der Waals surface area contributed by atoms with Crippen LogP contribution in [0, 0.1) is 11.3 Å². The molecule has 0 fully saturated rings. The summed E-state index contributed by atoms with van der Waals surface area (Å²) in [7, 11) is 0. The highest BCUT2D eigenvalue weighted by Gasteiger charge is 2.35. The van der Waals surface area contributed by atoms with Gasteiger partial charge in [-0.3, -0.25) is 0 Å². The number of carboxylic acid groups (broad SMARTS) is 1. The lowest BCUT2D eigenvalue weighted by molar-refractivity contribution is -0.275. The molecule has 108 valence electrons. The van der Waals surface area contributed by atoms with Crippen molar-refractivity contribution in [2.24, 2.45) is 0 Å². The van der Waals surface area contributed by atoms with Gasteiger partial charge in [-0.25, -0.2) is 4.79 Å². The molecule has 0 spiro atoms. The molecule has 0 aliphatic carbocycles. The number of aliphatic hydroxyl groups is 1. The van der Waals surface area contributed by atoms with E-state index in [1.54, 1.807) is 6.07 Å². The molecule has 1 atom stereocenters. The molecule has 1 aromatic rings. The predicted octanol–water partition coefficient (Wildman–Crippen LogP) is 2.16. The molecule has 0 aliphatic rings. The number of nitriles is 1. The zero-order valence-corrected chi connectivity index (χ0v) is 10.0. The number of alkyl halides is 3. The lowest BCUT2D eigenvalue weighted by Crippen LogP contribution is -2.21. The first-order valence-corrected chi connectivity index (χ1v) is 5.41. The summed E-state index contributed by atoms with van der Waals surface area (Å²) < 4.78 is 40.9. The van der Waals surface area contributed by atoms with Crippen LogP contribution >= 0.6 is 0 Å². The summed E-state index contributed by atoms with van der Waals surface area (Å²) in [6.45, 7) is 0. The third-order valence-corrected chi connectivity index (χ3v) is 2.38. The van der Waals surface area contributed by atoms with Crippen LogP contribution in [0.1, 0.15) is 23.7 Å². The second-order valence-corrected chi connectivity index (χ2v) is 3.78. The molecule has 5 nitrogen and oxygen atoms in total. The first kappa shape index (κ1) is 15.8. The molecular weight excluding hydrogens is 279 g/mol. The molecule has 1 aromatic carbocycles. The Bertz CT molecular complexity index is 536. The fraction of sp³-hybridized carbons (Fsp3) is 0.333. The molecule has 0 saturated heterocycles. The minimum atomic E-state index is -5.03. The number of para-hydroxylation sites is 1. The maximum atomic E-state index is 12.4. The number of hydrogen-bond donors (Lipinski definition) is 2. The van der Waals surface area contributed by atoms with Crippen LogP contribution in [0.4, 0.5) is 13.2 Å². The van der Waals surface area contributed by atoms with Crippen LogP contribution in [0.2, 0.25) is 0 Å². The van der Waals surface area contributed by atoms with Crippen molar-refractivity contribution in [3.63, 3.8) is 0 Å². The zero-order valence-electron chi connectivity index (χ0n) is 10.0. The standard InChI is InChI=1S/C12H10F3NO4/c13-12(14,15)20-10-7(4-2-6-16)3-1-5-8(10)9(17)11(18)19/h1,3,5,9,17H,2,4H2,(H,18,19). The van der Waals surface area contributed by atoms with E-state index in [9.17, 15) is 23.1 Å². The molecule has 20 heavy (non-hydrogen) atoms. The maximum absolute atomic E-state index is 12.4. The number of halogens is 3. The Labute approximate surface area is 111 Å². The Morgan fingerprint density at radius 3 is 2.60 bits per heavy atom. The van der Waals surface area contributed by atoms with Crippen LogP contribution in [-0.2, 0) is 11.2 Å². The van der Waals surface area contributed by atoms with Gasteiger partial charge in [0.1, 0.15) is 5.75 Å². The summed E-state index contributed by atoms with van der Waals surface area (Å²) in [5.41, 5.74) is -0.507. The molecule has 1 rings (SSSR count). The number of aliphatic hydroxyl groups excluding tert-OH is 1. The number of hydrogen-bond acceptors (Lipinski definition) is 4. The highest BCUT2D eigenvalue weighted by Crippen LogP contribution is 2.34. The van der Waals surface area contributed by atoms with E-state index in [4.69, 9.17) is 10.4 Å². The molecule has 0 radical (unpaired) electrons.